The van der Waals surface area contributed by atoms with Gasteiger partial charge in [-0.15, -0.1) is 5.10 Å². The van der Waals surface area contributed by atoms with Crippen molar-refractivity contribution in [3.8, 4) is 11.4 Å². The summed E-state index contributed by atoms with van der Waals surface area (Å²) in [6, 6.07) is 2.75. The summed E-state index contributed by atoms with van der Waals surface area (Å²) in [6.45, 7) is 1.62. The molecule has 0 saturated heterocycles. The second-order valence-electron chi connectivity index (χ2n) is 4.02. The average Bonchev–Trinajstić information content (AvgIpc) is 2.81. The molecular formula is C11H10F2N4O2. The van der Waals surface area contributed by atoms with E-state index in [4.69, 9.17) is 5.11 Å². The zero-order valence-electron chi connectivity index (χ0n) is 9.92. The first-order chi connectivity index (χ1) is 8.99. The average molecular weight is 268 g/mol. The molecule has 1 unspecified atom stereocenters. The van der Waals surface area contributed by atoms with Crippen LogP contribution in [0.25, 0.3) is 11.4 Å². The van der Waals surface area contributed by atoms with Crippen molar-refractivity contribution in [2.75, 3.05) is 0 Å². The van der Waals surface area contributed by atoms with E-state index < -0.39 is 23.6 Å². The quantitative estimate of drug-likeness (QED) is 0.911. The van der Waals surface area contributed by atoms with Crippen LogP contribution >= 0.6 is 0 Å². The minimum absolute atomic E-state index is 0.179. The summed E-state index contributed by atoms with van der Waals surface area (Å²) in [4.78, 5) is 10.7. The van der Waals surface area contributed by atoms with Gasteiger partial charge in [-0.1, -0.05) is 0 Å². The third kappa shape index (κ3) is 2.72. The molecule has 0 saturated carbocycles. The number of hydrogen-bond acceptors (Lipinski definition) is 4. The van der Waals surface area contributed by atoms with Crippen molar-refractivity contribution in [2.24, 2.45) is 0 Å². The Morgan fingerprint density at radius 3 is 2.79 bits per heavy atom. The van der Waals surface area contributed by atoms with Gasteiger partial charge in [0.05, 0.1) is 12.5 Å². The molecule has 0 bridgehead atoms. The molecule has 6 nitrogen and oxygen atoms in total. The number of halogens is 2. The smallest absolute Gasteiger partial charge is 0.305 e. The maximum atomic E-state index is 13.2. The fraction of sp³-hybridized carbons (Fsp3) is 0.273. The van der Waals surface area contributed by atoms with E-state index >= 15 is 0 Å². The van der Waals surface area contributed by atoms with Gasteiger partial charge in [-0.2, -0.15) is 0 Å². The fourth-order valence-corrected chi connectivity index (χ4v) is 1.65. The number of carboxylic acid groups (broad SMARTS) is 1. The van der Waals surface area contributed by atoms with Crippen molar-refractivity contribution >= 4 is 5.97 Å². The van der Waals surface area contributed by atoms with Crippen molar-refractivity contribution in [1.82, 2.24) is 20.2 Å². The third-order valence-electron chi connectivity index (χ3n) is 2.56. The van der Waals surface area contributed by atoms with Gasteiger partial charge in [-0.05, 0) is 35.5 Å². The number of aromatic nitrogens is 4. The lowest BCUT2D eigenvalue weighted by atomic mass is 10.2. The molecule has 1 heterocycles. The van der Waals surface area contributed by atoms with Crippen LogP contribution in [0, 0.1) is 11.6 Å². The predicted octanol–water partition coefficient (Wildman–Crippen LogP) is 1.65. The highest BCUT2D eigenvalue weighted by atomic mass is 19.2. The van der Waals surface area contributed by atoms with Crippen molar-refractivity contribution in [1.29, 1.82) is 0 Å². The molecule has 1 aromatic heterocycles. The molecule has 2 aromatic rings. The Morgan fingerprint density at radius 1 is 1.42 bits per heavy atom. The third-order valence-corrected chi connectivity index (χ3v) is 2.56. The van der Waals surface area contributed by atoms with E-state index in [2.05, 4.69) is 15.5 Å². The van der Waals surface area contributed by atoms with Gasteiger partial charge < -0.3 is 5.11 Å². The second kappa shape index (κ2) is 5.09. The Balaban J connectivity index is 2.38. The van der Waals surface area contributed by atoms with Crippen LogP contribution in [0.2, 0.25) is 0 Å². The molecule has 19 heavy (non-hydrogen) atoms. The molecule has 0 fully saturated rings. The van der Waals surface area contributed by atoms with Crippen molar-refractivity contribution in [3.05, 3.63) is 29.8 Å². The van der Waals surface area contributed by atoms with Crippen LogP contribution in [0.3, 0.4) is 0 Å². The summed E-state index contributed by atoms with van der Waals surface area (Å²) in [5.74, 6) is -2.80. The van der Waals surface area contributed by atoms with Crippen LogP contribution in [0.1, 0.15) is 19.4 Å². The highest BCUT2D eigenvalue weighted by Crippen LogP contribution is 2.22. The van der Waals surface area contributed by atoms with E-state index in [0.717, 1.165) is 12.1 Å². The molecule has 8 heteroatoms. The normalized spacial score (nSPS) is 12.4. The second-order valence-corrected chi connectivity index (χ2v) is 4.02. The van der Waals surface area contributed by atoms with Gasteiger partial charge in [0.1, 0.15) is 0 Å². The lowest BCUT2D eigenvalue weighted by Gasteiger charge is -2.11. The molecule has 0 spiro atoms. The molecule has 0 amide bonds. The number of benzene rings is 1. The topological polar surface area (TPSA) is 80.9 Å². The predicted molar refractivity (Wildman–Crippen MR) is 60.1 cm³/mol. The number of rotatable bonds is 4. The SMILES string of the molecule is CC(CC(=O)O)n1nnnc1-c1ccc(F)c(F)c1. The van der Waals surface area contributed by atoms with Crippen LogP contribution in [-0.2, 0) is 4.79 Å². The number of hydrogen-bond donors (Lipinski definition) is 1. The van der Waals surface area contributed by atoms with Crippen LogP contribution in [0.5, 0.6) is 0 Å². The Kier molecular flexibility index (Phi) is 3.50. The van der Waals surface area contributed by atoms with Gasteiger partial charge in [-0.25, -0.2) is 13.5 Å². The highest BCUT2D eigenvalue weighted by Gasteiger charge is 2.18. The lowest BCUT2D eigenvalue weighted by molar-refractivity contribution is -0.137. The molecule has 1 atom stereocenters. The van der Waals surface area contributed by atoms with Crippen LogP contribution < -0.4 is 0 Å². The van der Waals surface area contributed by atoms with E-state index in [9.17, 15) is 13.6 Å². The Labute approximate surface area is 106 Å². The maximum absolute atomic E-state index is 13.2. The fourth-order valence-electron chi connectivity index (χ4n) is 1.65. The summed E-state index contributed by atoms with van der Waals surface area (Å²) in [7, 11) is 0. The van der Waals surface area contributed by atoms with Crippen LogP contribution in [0.4, 0.5) is 8.78 Å². The number of carboxylic acids is 1. The molecular weight excluding hydrogens is 258 g/mol. The first-order valence-electron chi connectivity index (χ1n) is 5.44. The number of aliphatic carboxylic acids is 1. The Hall–Kier alpha value is -2.38. The standard InChI is InChI=1S/C11H10F2N4O2/c1-6(4-10(18)19)17-11(14-15-16-17)7-2-3-8(12)9(13)5-7/h2-3,5-6H,4H2,1H3,(H,18,19). The van der Waals surface area contributed by atoms with Gasteiger partial charge in [0.15, 0.2) is 17.5 Å². The van der Waals surface area contributed by atoms with Gasteiger partial charge in [-0.3, -0.25) is 4.79 Å². The molecule has 0 aliphatic carbocycles. The maximum Gasteiger partial charge on any atom is 0.305 e. The van der Waals surface area contributed by atoms with Crippen molar-refractivity contribution in [3.63, 3.8) is 0 Å². The minimum atomic E-state index is -1.02. The summed E-state index contributed by atoms with van der Waals surface area (Å²) >= 11 is 0. The molecule has 0 aliphatic rings. The number of carbonyl (C=O) groups is 1. The number of nitrogens with zero attached hydrogens (tertiary/aromatic N) is 4. The van der Waals surface area contributed by atoms with E-state index in [1.54, 1.807) is 6.92 Å². The molecule has 0 radical (unpaired) electrons. The summed E-state index contributed by atoms with van der Waals surface area (Å²) < 4.78 is 27.3. The first kappa shape index (κ1) is 13.1. The monoisotopic (exact) mass is 268 g/mol. The molecule has 2 rings (SSSR count). The highest BCUT2D eigenvalue weighted by molar-refractivity contribution is 5.67. The Morgan fingerprint density at radius 2 is 2.16 bits per heavy atom. The molecule has 1 N–H and O–H groups in total. The van der Waals surface area contributed by atoms with Crippen LogP contribution in [0.15, 0.2) is 18.2 Å². The molecule has 1 aromatic carbocycles. The Bertz CT molecular complexity index is 614. The zero-order chi connectivity index (χ0) is 14.0. The number of tetrazole rings is 1. The minimum Gasteiger partial charge on any atom is -0.481 e. The van der Waals surface area contributed by atoms with Crippen molar-refractivity contribution in [2.45, 2.75) is 19.4 Å². The van der Waals surface area contributed by atoms with E-state index in [0.29, 0.717) is 0 Å². The van der Waals surface area contributed by atoms with E-state index in [1.165, 1.54) is 10.7 Å². The first-order valence-corrected chi connectivity index (χ1v) is 5.44. The van der Waals surface area contributed by atoms with E-state index in [-0.39, 0.29) is 17.8 Å². The van der Waals surface area contributed by atoms with E-state index in [1.807, 2.05) is 0 Å². The lowest BCUT2D eigenvalue weighted by Crippen LogP contribution is -2.13. The summed E-state index contributed by atoms with van der Waals surface area (Å²) in [5.41, 5.74) is 0.279. The molecule has 100 valence electrons. The van der Waals surface area contributed by atoms with Gasteiger partial charge in [0, 0.05) is 5.56 Å². The van der Waals surface area contributed by atoms with Gasteiger partial charge >= 0.3 is 5.97 Å². The largest absolute Gasteiger partial charge is 0.481 e. The van der Waals surface area contributed by atoms with Crippen molar-refractivity contribution < 1.29 is 18.7 Å². The van der Waals surface area contributed by atoms with Crippen LogP contribution in [-0.4, -0.2) is 31.3 Å². The summed E-state index contributed by atoms with van der Waals surface area (Å²) in [6.07, 6.45) is -0.179. The molecule has 0 aliphatic heterocycles. The summed E-state index contributed by atoms with van der Waals surface area (Å²) in [5, 5.41) is 19.5. The van der Waals surface area contributed by atoms with Gasteiger partial charge in [0.2, 0.25) is 0 Å². The van der Waals surface area contributed by atoms with Gasteiger partial charge in [0.25, 0.3) is 0 Å². The zero-order valence-corrected chi connectivity index (χ0v) is 9.92.